The Morgan fingerprint density at radius 1 is 1.03 bits per heavy atom. The van der Waals surface area contributed by atoms with Crippen LogP contribution in [-0.4, -0.2) is 31.0 Å². The van der Waals surface area contributed by atoms with E-state index < -0.39 is 5.97 Å². The van der Waals surface area contributed by atoms with E-state index in [2.05, 4.69) is 15.0 Å². The molecule has 0 atom stereocenters. The van der Waals surface area contributed by atoms with Crippen LogP contribution in [0.1, 0.15) is 42.1 Å². The van der Waals surface area contributed by atoms with E-state index in [1.165, 1.54) is 6.42 Å². The lowest BCUT2D eigenvalue weighted by Gasteiger charge is -2.23. The van der Waals surface area contributed by atoms with Gasteiger partial charge in [0.05, 0.1) is 22.3 Å². The number of nitrogens with zero attached hydrogens (tertiary/aromatic N) is 4. The third kappa shape index (κ3) is 4.61. The molecule has 0 spiro atoms. The minimum absolute atomic E-state index is 0.0662. The Bertz CT molecular complexity index is 1630. The van der Waals surface area contributed by atoms with Gasteiger partial charge in [0.25, 0.3) is 0 Å². The highest BCUT2D eigenvalue weighted by atomic mass is 35.5. The van der Waals surface area contributed by atoms with Crippen LogP contribution in [-0.2, 0) is 11.2 Å². The summed E-state index contributed by atoms with van der Waals surface area (Å²) in [6, 6.07) is 13.4. The Hall–Kier alpha value is -3.68. The van der Waals surface area contributed by atoms with Crippen LogP contribution in [0.15, 0.2) is 61.1 Å². The van der Waals surface area contributed by atoms with Crippen LogP contribution < -0.4 is 0 Å². The van der Waals surface area contributed by atoms with E-state index in [-0.39, 0.29) is 6.42 Å². The predicted molar refractivity (Wildman–Crippen MR) is 147 cm³/mol. The number of aryl methyl sites for hydroxylation is 1. The standard InChI is InChI=1S/C29H23ClN4O2S/c1-16-11-24-27(26(22(16)13-25(35)36)17-5-7-21(30)8-6-17)37-29(34-24)19-9-10-31-23(12-19)20-14-32-28(33-15-20)18-3-2-4-18/h5-12,14-15,18H,2-4,13H2,1H3,(H,35,36). The Morgan fingerprint density at radius 3 is 2.46 bits per heavy atom. The molecule has 5 aromatic rings. The molecule has 1 aliphatic rings. The van der Waals surface area contributed by atoms with Crippen LogP contribution in [0.3, 0.4) is 0 Å². The van der Waals surface area contributed by atoms with Gasteiger partial charge in [0.1, 0.15) is 10.8 Å². The van der Waals surface area contributed by atoms with Crippen LogP contribution in [0.25, 0.3) is 43.2 Å². The molecular formula is C29H23ClN4O2S. The summed E-state index contributed by atoms with van der Waals surface area (Å²) in [7, 11) is 0. The summed E-state index contributed by atoms with van der Waals surface area (Å²) in [6.45, 7) is 1.94. The first-order chi connectivity index (χ1) is 18.0. The smallest absolute Gasteiger partial charge is 0.307 e. The number of aliphatic carboxylic acids is 1. The molecule has 1 aliphatic carbocycles. The number of benzene rings is 2. The molecule has 8 heteroatoms. The fourth-order valence-corrected chi connectivity index (χ4v) is 5.99. The van der Waals surface area contributed by atoms with Crippen molar-refractivity contribution in [3.63, 3.8) is 0 Å². The van der Waals surface area contributed by atoms with E-state index in [0.717, 1.165) is 73.0 Å². The molecule has 0 unspecified atom stereocenters. The number of rotatable bonds is 6. The zero-order valence-corrected chi connectivity index (χ0v) is 21.7. The molecule has 1 N–H and O–H groups in total. The lowest BCUT2D eigenvalue weighted by Crippen LogP contribution is -2.12. The number of hydrogen-bond donors (Lipinski definition) is 1. The minimum atomic E-state index is -0.869. The van der Waals surface area contributed by atoms with Gasteiger partial charge in [0.15, 0.2) is 0 Å². The zero-order chi connectivity index (χ0) is 25.5. The Balaban J connectivity index is 1.44. The summed E-state index contributed by atoms with van der Waals surface area (Å²) in [5, 5.41) is 11.1. The monoisotopic (exact) mass is 526 g/mol. The maximum absolute atomic E-state index is 11.7. The molecule has 184 valence electrons. The summed E-state index contributed by atoms with van der Waals surface area (Å²) in [5.41, 5.74) is 6.94. The Kier molecular flexibility index (Phi) is 6.18. The van der Waals surface area contributed by atoms with Crippen molar-refractivity contribution in [1.82, 2.24) is 19.9 Å². The molecule has 1 fully saturated rings. The summed E-state index contributed by atoms with van der Waals surface area (Å²) in [5.74, 6) is 0.534. The van der Waals surface area contributed by atoms with Crippen LogP contribution in [0.2, 0.25) is 5.02 Å². The number of fused-ring (bicyclic) bond motifs is 1. The maximum atomic E-state index is 11.7. The molecule has 0 saturated heterocycles. The van der Waals surface area contributed by atoms with Crippen molar-refractivity contribution in [2.75, 3.05) is 0 Å². The predicted octanol–water partition coefficient (Wildman–Crippen LogP) is 7.34. The number of thiazole rings is 1. The number of carbonyl (C=O) groups is 1. The summed E-state index contributed by atoms with van der Waals surface area (Å²) in [6.07, 6.45) is 8.99. The average molecular weight is 527 g/mol. The molecule has 3 heterocycles. The van der Waals surface area contributed by atoms with Crippen LogP contribution in [0, 0.1) is 6.92 Å². The Morgan fingerprint density at radius 2 is 1.78 bits per heavy atom. The van der Waals surface area contributed by atoms with Gasteiger partial charge in [0.2, 0.25) is 0 Å². The summed E-state index contributed by atoms with van der Waals surface area (Å²) in [4.78, 5) is 30.4. The van der Waals surface area contributed by atoms with E-state index in [0.29, 0.717) is 10.9 Å². The van der Waals surface area contributed by atoms with Crippen LogP contribution in [0.4, 0.5) is 0 Å². The number of carboxylic acid groups (broad SMARTS) is 1. The lowest BCUT2D eigenvalue weighted by atomic mass is 9.85. The van der Waals surface area contributed by atoms with Gasteiger partial charge < -0.3 is 5.11 Å². The molecule has 0 amide bonds. The lowest BCUT2D eigenvalue weighted by molar-refractivity contribution is -0.136. The quantitative estimate of drug-likeness (QED) is 0.249. The van der Waals surface area contributed by atoms with Crippen molar-refractivity contribution >= 4 is 39.1 Å². The van der Waals surface area contributed by atoms with Gasteiger partial charge in [-0.15, -0.1) is 11.3 Å². The van der Waals surface area contributed by atoms with Crippen molar-refractivity contribution in [1.29, 1.82) is 0 Å². The second-order valence-electron chi connectivity index (χ2n) is 9.38. The minimum Gasteiger partial charge on any atom is -0.481 e. The molecule has 2 aromatic carbocycles. The van der Waals surface area contributed by atoms with E-state index >= 15 is 0 Å². The van der Waals surface area contributed by atoms with Gasteiger partial charge >= 0.3 is 5.97 Å². The van der Waals surface area contributed by atoms with Gasteiger partial charge in [-0.05, 0) is 66.8 Å². The van der Waals surface area contributed by atoms with Gasteiger partial charge in [-0.2, -0.15) is 0 Å². The van der Waals surface area contributed by atoms with E-state index in [4.69, 9.17) is 16.6 Å². The molecule has 1 saturated carbocycles. The largest absolute Gasteiger partial charge is 0.481 e. The van der Waals surface area contributed by atoms with Crippen LogP contribution >= 0.6 is 22.9 Å². The topological polar surface area (TPSA) is 88.9 Å². The van der Waals surface area contributed by atoms with E-state index in [1.807, 2.05) is 61.8 Å². The highest BCUT2D eigenvalue weighted by Gasteiger charge is 2.22. The third-order valence-corrected chi connectivity index (χ3v) is 8.31. The van der Waals surface area contributed by atoms with Gasteiger partial charge in [-0.25, -0.2) is 15.0 Å². The molecule has 0 radical (unpaired) electrons. The number of halogens is 1. The zero-order valence-electron chi connectivity index (χ0n) is 20.1. The first kappa shape index (κ1) is 23.7. The van der Waals surface area contributed by atoms with Crippen molar-refractivity contribution in [2.45, 2.75) is 38.5 Å². The molecule has 0 bridgehead atoms. The number of aromatic nitrogens is 4. The third-order valence-electron chi connectivity index (χ3n) is 6.92. The number of pyridine rings is 1. The Labute approximate surface area is 223 Å². The average Bonchev–Trinajstić information content (AvgIpc) is 3.28. The molecule has 6 nitrogen and oxygen atoms in total. The van der Waals surface area contributed by atoms with Gasteiger partial charge in [-0.3, -0.25) is 9.78 Å². The first-order valence-corrected chi connectivity index (χ1v) is 13.3. The molecule has 6 rings (SSSR count). The second kappa shape index (κ2) is 9.65. The van der Waals surface area contributed by atoms with Crippen molar-refractivity contribution < 1.29 is 9.90 Å². The molecule has 3 aromatic heterocycles. The summed E-state index contributed by atoms with van der Waals surface area (Å²) < 4.78 is 0.950. The van der Waals surface area contributed by atoms with Gasteiger partial charge in [-0.1, -0.05) is 30.2 Å². The highest BCUT2D eigenvalue weighted by Crippen LogP contribution is 2.41. The number of hydrogen-bond acceptors (Lipinski definition) is 6. The fraction of sp³-hybridized carbons (Fsp3) is 0.207. The number of carboxylic acids is 1. The maximum Gasteiger partial charge on any atom is 0.307 e. The summed E-state index contributed by atoms with van der Waals surface area (Å²) >= 11 is 7.69. The second-order valence-corrected chi connectivity index (χ2v) is 10.8. The van der Waals surface area contributed by atoms with Crippen molar-refractivity contribution in [3.05, 3.63) is 83.0 Å². The molecule has 0 aliphatic heterocycles. The van der Waals surface area contributed by atoms with E-state index in [9.17, 15) is 9.90 Å². The van der Waals surface area contributed by atoms with Crippen LogP contribution in [0.5, 0.6) is 0 Å². The first-order valence-electron chi connectivity index (χ1n) is 12.2. The van der Waals surface area contributed by atoms with Crippen molar-refractivity contribution in [3.8, 4) is 33.0 Å². The van der Waals surface area contributed by atoms with Gasteiger partial charge in [0, 0.05) is 46.2 Å². The fourth-order valence-electron chi connectivity index (χ4n) is 4.73. The van der Waals surface area contributed by atoms with E-state index in [1.54, 1.807) is 17.5 Å². The molecule has 37 heavy (non-hydrogen) atoms. The highest BCUT2D eigenvalue weighted by molar-refractivity contribution is 7.22. The SMILES string of the molecule is Cc1cc2nc(-c3ccnc(-c4cnc(C5CCC5)nc4)c3)sc2c(-c2ccc(Cl)cc2)c1CC(=O)O. The molecular weight excluding hydrogens is 504 g/mol. The normalized spacial score (nSPS) is 13.6. The van der Waals surface area contributed by atoms with Crippen molar-refractivity contribution in [2.24, 2.45) is 0 Å².